The average molecular weight is 251 g/mol. The second-order valence-electron chi connectivity index (χ2n) is 4.43. The molecule has 2 rings (SSSR count). The second-order valence-corrected chi connectivity index (χ2v) is 4.43. The largest absolute Gasteiger partial charge is 0.361 e. The van der Waals surface area contributed by atoms with Gasteiger partial charge in [-0.2, -0.15) is 0 Å². The molecule has 1 fully saturated rings. The van der Waals surface area contributed by atoms with Gasteiger partial charge in [-0.05, 0) is 31.4 Å². The topological polar surface area (TPSA) is 29.1 Å². The van der Waals surface area contributed by atoms with Crippen LogP contribution in [0.25, 0.3) is 0 Å². The minimum atomic E-state index is -0.898. The van der Waals surface area contributed by atoms with Gasteiger partial charge in [0.15, 0.2) is 17.4 Å². The van der Waals surface area contributed by atoms with E-state index in [1.165, 1.54) is 6.07 Å². The van der Waals surface area contributed by atoms with Crippen LogP contribution in [0, 0.1) is 11.6 Å². The van der Waals surface area contributed by atoms with Crippen molar-refractivity contribution in [1.29, 1.82) is 0 Å². The minimum absolute atomic E-state index is 0.141. The summed E-state index contributed by atoms with van der Waals surface area (Å²) < 4.78 is 25.7. The Morgan fingerprint density at radius 2 is 1.83 bits per heavy atom. The van der Waals surface area contributed by atoms with Crippen molar-refractivity contribution in [1.82, 2.24) is 0 Å². The highest BCUT2D eigenvalue weighted by Gasteiger charge is 2.13. The van der Waals surface area contributed by atoms with Gasteiger partial charge >= 0.3 is 0 Å². The number of nitrogens with one attached hydrogen (secondary N) is 1. The van der Waals surface area contributed by atoms with Gasteiger partial charge in [0.2, 0.25) is 0 Å². The van der Waals surface area contributed by atoms with Crippen molar-refractivity contribution in [2.24, 2.45) is 0 Å². The molecule has 0 aliphatic heterocycles. The Labute approximate surface area is 105 Å². The van der Waals surface area contributed by atoms with E-state index in [-0.39, 0.29) is 5.78 Å². The highest BCUT2D eigenvalue weighted by atomic mass is 19.2. The maximum absolute atomic E-state index is 13.0. The van der Waals surface area contributed by atoms with Crippen LogP contribution in [0.3, 0.4) is 0 Å². The molecule has 1 saturated carbocycles. The normalized spacial score (nSPS) is 18.8. The molecule has 0 aromatic heterocycles. The average Bonchev–Trinajstić information content (AvgIpc) is 2.56. The van der Waals surface area contributed by atoms with E-state index in [1.807, 2.05) is 0 Å². The SMILES string of the molecule is O=C1CCCCCC1=CNc1ccc(F)c(F)c1. The maximum Gasteiger partial charge on any atom is 0.160 e. The van der Waals surface area contributed by atoms with Gasteiger partial charge in [-0.3, -0.25) is 4.79 Å². The van der Waals surface area contributed by atoms with Crippen LogP contribution in [-0.2, 0) is 4.79 Å². The zero-order valence-electron chi connectivity index (χ0n) is 10.0. The lowest BCUT2D eigenvalue weighted by Crippen LogP contribution is -2.02. The lowest BCUT2D eigenvalue weighted by molar-refractivity contribution is -0.115. The molecule has 96 valence electrons. The molecule has 1 aromatic rings. The highest BCUT2D eigenvalue weighted by Crippen LogP contribution is 2.20. The molecule has 0 radical (unpaired) electrons. The van der Waals surface area contributed by atoms with E-state index in [1.54, 1.807) is 6.20 Å². The van der Waals surface area contributed by atoms with Gasteiger partial charge < -0.3 is 5.32 Å². The first-order valence-corrected chi connectivity index (χ1v) is 6.10. The van der Waals surface area contributed by atoms with Crippen molar-refractivity contribution >= 4 is 11.5 Å². The number of halogens is 2. The van der Waals surface area contributed by atoms with Crippen LogP contribution in [0.1, 0.15) is 32.1 Å². The summed E-state index contributed by atoms with van der Waals surface area (Å²) in [6.45, 7) is 0. The molecule has 0 amide bonds. The third-order valence-corrected chi connectivity index (χ3v) is 3.04. The number of carbonyl (C=O) groups is 1. The van der Waals surface area contributed by atoms with Crippen LogP contribution in [-0.4, -0.2) is 5.78 Å². The summed E-state index contributed by atoms with van der Waals surface area (Å²) >= 11 is 0. The molecule has 18 heavy (non-hydrogen) atoms. The van der Waals surface area contributed by atoms with Gasteiger partial charge in [0, 0.05) is 29.9 Å². The van der Waals surface area contributed by atoms with Crippen molar-refractivity contribution in [3.8, 4) is 0 Å². The van der Waals surface area contributed by atoms with Crippen molar-refractivity contribution in [2.45, 2.75) is 32.1 Å². The monoisotopic (exact) mass is 251 g/mol. The van der Waals surface area contributed by atoms with Gasteiger partial charge in [-0.25, -0.2) is 8.78 Å². The molecule has 0 unspecified atom stereocenters. The molecular formula is C14H15F2NO. The number of ketones is 1. The van der Waals surface area contributed by atoms with E-state index < -0.39 is 11.6 Å². The fourth-order valence-corrected chi connectivity index (χ4v) is 1.99. The summed E-state index contributed by atoms with van der Waals surface area (Å²) in [4.78, 5) is 11.7. The van der Waals surface area contributed by atoms with Crippen LogP contribution < -0.4 is 5.32 Å². The number of Topliss-reactive ketones (excluding diaryl/α,β-unsaturated/α-hetero) is 1. The van der Waals surface area contributed by atoms with Crippen LogP contribution >= 0.6 is 0 Å². The third kappa shape index (κ3) is 3.15. The molecule has 0 heterocycles. The summed E-state index contributed by atoms with van der Waals surface area (Å²) in [5, 5.41) is 2.85. The lowest BCUT2D eigenvalue weighted by atomic mass is 10.1. The van der Waals surface area contributed by atoms with E-state index in [2.05, 4.69) is 5.32 Å². The smallest absolute Gasteiger partial charge is 0.160 e. The Morgan fingerprint density at radius 1 is 1.06 bits per heavy atom. The first-order chi connectivity index (χ1) is 8.66. The minimum Gasteiger partial charge on any atom is -0.361 e. The number of allylic oxidation sites excluding steroid dienone is 1. The zero-order valence-corrected chi connectivity index (χ0v) is 10.0. The van der Waals surface area contributed by atoms with Crippen molar-refractivity contribution in [2.75, 3.05) is 5.32 Å². The Balaban J connectivity index is 2.08. The summed E-state index contributed by atoms with van der Waals surface area (Å²) in [6, 6.07) is 3.58. The lowest BCUT2D eigenvalue weighted by Gasteiger charge is -2.05. The summed E-state index contributed by atoms with van der Waals surface area (Å²) in [6.07, 6.45) is 5.92. The molecule has 1 aliphatic rings. The van der Waals surface area contributed by atoms with E-state index in [0.717, 1.165) is 43.4 Å². The van der Waals surface area contributed by atoms with Gasteiger partial charge in [0.25, 0.3) is 0 Å². The quantitative estimate of drug-likeness (QED) is 0.640. The zero-order chi connectivity index (χ0) is 13.0. The molecular weight excluding hydrogens is 236 g/mol. The summed E-state index contributed by atoms with van der Waals surface area (Å²) in [7, 11) is 0. The van der Waals surface area contributed by atoms with E-state index in [0.29, 0.717) is 12.1 Å². The Morgan fingerprint density at radius 3 is 2.61 bits per heavy atom. The van der Waals surface area contributed by atoms with Crippen LogP contribution in [0.15, 0.2) is 30.0 Å². The number of rotatable bonds is 2. The molecule has 0 spiro atoms. The Bertz CT molecular complexity index is 483. The molecule has 1 N–H and O–H groups in total. The summed E-state index contributed by atoms with van der Waals surface area (Å²) in [5.74, 6) is -1.63. The molecule has 1 aliphatic carbocycles. The maximum atomic E-state index is 13.0. The van der Waals surface area contributed by atoms with Crippen molar-refractivity contribution in [3.05, 3.63) is 41.6 Å². The summed E-state index contributed by atoms with van der Waals surface area (Å²) in [5.41, 5.74) is 1.18. The fourth-order valence-electron chi connectivity index (χ4n) is 1.99. The number of hydrogen-bond donors (Lipinski definition) is 1. The standard InChI is InChI=1S/C14H15F2NO/c15-12-7-6-11(8-13(12)16)17-9-10-4-2-1-3-5-14(10)18/h6-9,17H,1-5H2. The molecule has 0 saturated heterocycles. The first kappa shape index (κ1) is 12.7. The predicted octanol–water partition coefficient (Wildman–Crippen LogP) is 3.79. The molecule has 4 heteroatoms. The second kappa shape index (κ2) is 5.76. The first-order valence-electron chi connectivity index (χ1n) is 6.10. The van der Waals surface area contributed by atoms with E-state index >= 15 is 0 Å². The third-order valence-electron chi connectivity index (χ3n) is 3.04. The van der Waals surface area contributed by atoms with Gasteiger partial charge in [-0.1, -0.05) is 6.42 Å². The molecule has 0 atom stereocenters. The Hall–Kier alpha value is -1.71. The van der Waals surface area contributed by atoms with Crippen molar-refractivity contribution < 1.29 is 13.6 Å². The van der Waals surface area contributed by atoms with E-state index in [4.69, 9.17) is 0 Å². The molecule has 2 nitrogen and oxygen atoms in total. The van der Waals surface area contributed by atoms with Crippen LogP contribution in [0.5, 0.6) is 0 Å². The van der Waals surface area contributed by atoms with Gasteiger partial charge in [0.1, 0.15) is 0 Å². The van der Waals surface area contributed by atoms with Crippen LogP contribution in [0.4, 0.5) is 14.5 Å². The molecule has 0 bridgehead atoms. The van der Waals surface area contributed by atoms with Crippen LogP contribution in [0.2, 0.25) is 0 Å². The highest BCUT2D eigenvalue weighted by molar-refractivity contribution is 5.95. The van der Waals surface area contributed by atoms with E-state index in [9.17, 15) is 13.6 Å². The number of anilines is 1. The Kier molecular flexibility index (Phi) is 4.07. The number of carbonyl (C=O) groups excluding carboxylic acids is 1. The number of hydrogen-bond acceptors (Lipinski definition) is 2. The molecule has 1 aromatic carbocycles. The fraction of sp³-hybridized carbons (Fsp3) is 0.357. The van der Waals surface area contributed by atoms with Gasteiger partial charge in [0.05, 0.1) is 0 Å². The number of benzene rings is 1. The van der Waals surface area contributed by atoms with Gasteiger partial charge in [-0.15, -0.1) is 0 Å². The predicted molar refractivity (Wildman–Crippen MR) is 66.2 cm³/mol. The van der Waals surface area contributed by atoms with Crippen molar-refractivity contribution in [3.63, 3.8) is 0 Å².